The first-order valence-corrected chi connectivity index (χ1v) is 9.54. The summed E-state index contributed by atoms with van der Waals surface area (Å²) in [6.45, 7) is 3.15. The number of alkyl halides is 3. The molecule has 30 heavy (non-hydrogen) atoms. The Hall–Kier alpha value is -3.09. The zero-order valence-corrected chi connectivity index (χ0v) is 16.9. The van der Waals surface area contributed by atoms with Crippen molar-refractivity contribution in [1.29, 1.82) is 0 Å². The molecule has 1 unspecified atom stereocenters. The molecular formula is C23H24F3NO3. The maximum atomic E-state index is 12.1. The van der Waals surface area contributed by atoms with Crippen LogP contribution in [0.4, 0.5) is 18.9 Å². The average molecular weight is 419 g/mol. The predicted octanol–water partition coefficient (Wildman–Crippen LogP) is 5.98. The highest BCUT2D eigenvalue weighted by Gasteiger charge is 2.28. The third-order valence-corrected chi connectivity index (χ3v) is 4.16. The predicted molar refractivity (Wildman–Crippen MR) is 111 cm³/mol. The minimum absolute atomic E-state index is 0.142. The van der Waals surface area contributed by atoms with Crippen LogP contribution in [0.3, 0.4) is 0 Å². The fourth-order valence-corrected chi connectivity index (χ4v) is 2.19. The molecular weight excluding hydrogens is 395 g/mol. The highest BCUT2D eigenvalue weighted by molar-refractivity contribution is 5.87. The van der Waals surface area contributed by atoms with Crippen molar-refractivity contribution in [3.8, 4) is 5.75 Å². The number of esters is 1. The van der Waals surface area contributed by atoms with Crippen LogP contribution in [0.15, 0.2) is 59.6 Å². The second-order valence-electron chi connectivity index (χ2n) is 6.80. The summed E-state index contributed by atoms with van der Waals surface area (Å²) in [6, 6.07) is 13.4. The molecule has 0 bridgehead atoms. The largest absolute Gasteiger partial charge is 0.484 e. The van der Waals surface area contributed by atoms with Crippen molar-refractivity contribution in [1.82, 2.24) is 0 Å². The summed E-state index contributed by atoms with van der Waals surface area (Å²) in [7, 11) is 0. The Morgan fingerprint density at radius 1 is 1.07 bits per heavy atom. The molecule has 0 radical (unpaired) electrons. The van der Waals surface area contributed by atoms with Gasteiger partial charge in [-0.05, 0) is 59.5 Å². The quantitative estimate of drug-likeness (QED) is 0.285. The summed E-state index contributed by atoms with van der Waals surface area (Å²) in [5.74, 6) is 0.103. The van der Waals surface area contributed by atoms with E-state index in [1.807, 2.05) is 26.0 Å². The lowest BCUT2D eigenvalue weighted by atomic mass is 10.1. The van der Waals surface area contributed by atoms with Crippen molar-refractivity contribution in [3.63, 3.8) is 0 Å². The summed E-state index contributed by atoms with van der Waals surface area (Å²) in [5.41, 5.74) is 2.26. The molecule has 2 rings (SSSR count). The third kappa shape index (κ3) is 8.94. The third-order valence-electron chi connectivity index (χ3n) is 4.16. The van der Waals surface area contributed by atoms with Crippen molar-refractivity contribution >= 4 is 23.9 Å². The number of aliphatic imine (C=N–C) groups is 1. The molecule has 0 fully saturated rings. The highest BCUT2D eigenvalue weighted by Crippen LogP contribution is 2.19. The van der Waals surface area contributed by atoms with E-state index < -0.39 is 12.8 Å². The number of ether oxygens (including phenoxy) is 2. The number of carbonyl (C=O) groups is 1. The molecule has 7 heteroatoms. The van der Waals surface area contributed by atoms with Crippen LogP contribution in [-0.2, 0) is 9.53 Å². The molecule has 0 N–H and O–H groups in total. The summed E-state index contributed by atoms with van der Waals surface area (Å²) >= 11 is 0. The zero-order valence-electron chi connectivity index (χ0n) is 16.9. The van der Waals surface area contributed by atoms with Crippen LogP contribution in [0.1, 0.15) is 31.4 Å². The first-order chi connectivity index (χ1) is 14.2. The molecule has 0 aromatic heterocycles. The minimum atomic E-state index is -4.37. The van der Waals surface area contributed by atoms with Gasteiger partial charge in [0.15, 0.2) is 6.61 Å². The van der Waals surface area contributed by atoms with Gasteiger partial charge in [-0.3, -0.25) is 4.99 Å². The van der Waals surface area contributed by atoms with Gasteiger partial charge in [-0.15, -0.1) is 0 Å². The second kappa shape index (κ2) is 11.2. The van der Waals surface area contributed by atoms with Crippen LogP contribution >= 0.6 is 0 Å². The average Bonchev–Trinajstić information content (AvgIpc) is 2.74. The summed E-state index contributed by atoms with van der Waals surface area (Å²) < 4.78 is 46.3. The van der Waals surface area contributed by atoms with Crippen LogP contribution in [0, 0.1) is 5.92 Å². The number of nitrogens with zero attached hydrogens (tertiary/aromatic N) is 1. The number of hydrogen-bond acceptors (Lipinski definition) is 4. The normalized spacial score (nSPS) is 13.0. The van der Waals surface area contributed by atoms with E-state index >= 15 is 0 Å². The molecule has 0 saturated carbocycles. The van der Waals surface area contributed by atoms with Gasteiger partial charge in [0.2, 0.25) is 0 Å². The summed E-state index contributed by atoms with van der Waals surface area (Å²) in [4.78, 5) is 16.0. The number of hydrogen-bond donors (Lipinski definition) is 0. The van der Waals surface area contributed by atoms with Crippen molar-refractivity contribution < 1.29 is 27.4 Å². The molecule has 2 aromatic carbocycles. The van der Waals surface area contributed by atoms with Gasteiger partial charge in [0.25, 0.3) is 0 Å². The van der Waals surface area contributed by atoms with E-state index in [-0.39, 0.29) is 11.7 Å². The van der Waals surface area contributed by atoms with E-state index in [1.165, 1.54) is 18.2 Å². The monoisotopic (exact) mass is 419 g/mol. The zero-order chi connectivity index (χ0) is 22.0. The topological polar surface area (TPSA) is 47.9 Å². The maximum Gasteiger partial charge on any atom is 0.422 e. The second-order valence-corrected chi connectivity index (χ2v) is 6.80. The van der Waals surface area contributed by atoms with Crippen LogP contribution in [-0.4, -0.2) is 31.6 Å². The Kier molecular flexibility index (Phi) is 8.65. The SMILES string of the molecule is CCC(C)COC(=O)/C=C/c1ccc(N=Cc2ccc(OCC(F)(F)F)cc2)cc1. The number of benzene rings is 2. The Balaban J connectivity index is 1.87. The van der Waals surface area contributed by atoms with Gasteiger partial charge in [-0.25, -0.2) is 4.79 Å². The Morgan fingerprint density at radius 2 is 1.70 bits per heavy atom. The molecule has 160 valence electrons. The summed E-state index contributed by atoms with van der Waals surface area (Å²) in [6.07, 6.45) is 1.25. The first-order valence-electron chi connectivity index (χ1n) is 9.54. The van der Waals surface area contributed by atoms with Crippen molar-refractivity contribution in [2.75, 3.05) is 13.2 Å². The van der Waals surface area contributed by atoms with Crippen molar-refractivity contribution in [2.24, 2.45) is 10.9 Å². The van der Waals surface area contributed by atoms with Gasteiger partial charge in [-0.2, -0.15) is 13.2 Å². The van der Waals surface area contributed by atoms with Gasteiger partial charge in [0.05, 0.1) is 12.3 Å². The lowest BCUT2D eigenvalue weighted by Gasteiger charge is -2.08. The molecule has 0 aliphatic rings. The van der Waals surface area contributed by atoms with Gasteiger partial charge in [-0.1, -0.05) is 32.4 Å². The first kappa shape index (κ1) is 23.2. The molecule has 2 aromatic rings. The Bertz CT molecular complexity index is 857. The van der Waals surface area contributed by atoms with Crippen LogP contribution in [0.5, 0.6) is 5.75 Å². The minimum Gasteiger partial charge on any atom is -0.484 e. The lowest BCUT2D eigenvalue weighted by molar-refractivity contribution is -0.153. The van der Waals surface area contributed by atoms with E-state index in [0.717, 1.165) is 17.5 Å². The fraction of sp³-hybridized carbons (Fsp3) is 0.304. The molecule has 1 atom stereocenters. The lowest BCUT2D eigenvalue weighted by Crippen LogP contribution is -2.19. The molecule has 0 aliphatic carbocycles. The van der Waals surface area contributed by atoms with Crippen molar-refractivity contribution in [3.05, 3.63) is 65.7 Å². The highest BCUT2D eigenvalue weighted by atomic mass is 19.4. The molecule has 0 heterocycles. The molecule has 0 amide bonds. The van der Waals surface area contributed by atoms with E-state index in [4.69, 9.17) is 4.74 Å². The van der Waals surface area contributed by atoms with Crippen LogP contribution < -0.4 is 4.74 Å². The smallest absolute Gasteiger partial charge is 0.422 e. The Morgan fingerprint density at radius 3 is 2.30 bits per heavy atom. The fourth-order valence-electron chi connectivity index (χ4n) is 2.19. The molecule has 0 aliphatic heterocycles. The van der Waals surface area contributed by atoms with Gasteiger partial charge < -0.3 is 9.47 Å². The van der Waals surface area contributed by atoms with Gasteiger partial charge in [0.1, 0.15) is 5.75 Å². The van der Waals surface area contributed by atoms with E-state index in [9.17, 15) is 18.0 Å². The molecule has 0 saturated heterocycles. The van der Waals surface area contributed by atoms with E-state index in [1.54, 1.807) is 36.6 Å². The van der Waals surface area contributed by atoms with Gasteiger partial charge >= 0.3 is 12.1 Å². The van der Waals surface area contributed by atoms with Crippen LogP contribution in [0.25, 0.3) is 6.08 Å². The summed E-state index contributed by atoms with van der Waals surface area (Å²) in [5, 5.41) is 0. The number of carbonyl (C=O) groups excluding carboxylic acids is 1. The molecule has 0 spiro atoms. The van der Waals surface area contributed by atoms with Gasteiger partial charge in [0, 0.05) is 12.3 Å². The number of halogens is 3. The van der Waals surface area contributed by atoms with Crippen molar-refractivity contribution in [2.45, 2.75) is 26.4 Å². The standard InChI is InChI=1S/C23H24F3NO3/c1-3-17(2)15-29-22(28)13-8-18-4-9-20(10-5-18)27-14-19-6-11-21(12-7-19)30-16-23(24,25)26/h4-14,17H,3,15-16H2,1-2H3/b13-8+,27-14?. The molecule has 4 nitrogen and oxygen atoms in total. The van der Waals surface area contributed by atoms with E-state index in [0.29, 0.717) is 18.2 Å². The number of rotatable bonds is 9. The van der Waals surface area contributed by atoms with E-state index in [2.05, 4.69) is 9.73 Å². The van der Waals surface area contributed by atoms with Crippen LogP contribution in [0.2, 0.25) is 0 Å². The maximum absolute atomic E-state index is 12.1. The Labute approximate surface area is 174 Å².